The van der Waals surface area contributed by atoms with E-state index in [0.29, 0.717) is 0 Å². The molecule has 0 saturated heterocycles. The van der Waals surface area contributed by atoms with Gasteiger partial charge in [-0.15, -0.1) is 0 Å². The second-order valence-electron chi connectivity index (χ2n) is 2.66. The van der Waals surface area contributed by atoms with E-state index in [1.54, 1.807) is 10.8 Å². The Balaban J connectivity index is 2.83. The summed E-state index contributed by atoms with van der Waals surface area (Å²) < 4.78 is 1.80. The topological polar surface area (TPSA) is 30.2 Å². The molecule has 0 N–H and O–H groups in total. The second-order valence-corrected chi connectivity index (χ2v) is 2.66. The first-order chi connectivity index (χ1) is 5.81. The van der Waals surface area contributed by atoms with E-state index in [2.05, 4.69) is 16.7 Å². The zero-order valence-corrected chi connectivity index (χ0v) is 6.86. The molecule has 2 heterocycles. The van der Waals surface area contributed by atoms with Crippen molar-refractivity contribution in [1.29, 1.82) is 0 Å². The van der Waals surface area contributed by atoms with Crippen molar-refractivity contribution >= 4 is 11.7 Å². The number of aromatic nitrogens is 3. The molecule has 0 amide bonds. The van der Waals surface area contributed by atoms with Crippen molar-refractivity contribution in [2.75, 3.05) is 0 Å². The van der Waals surface area contributed by atoms with Gasteiger partial charge in [-0.2, -0.15) is 5.10 Å². The van der Waals surface area contributed by atoms with Crippen LogP contribution in [0, 0.1) is 6.92 Å². The molecule has 2 rings (SSSR count). The summed E-state index contributed by atoms with van der Waals surface area (Å²) in [5.74, 6) is 0. The van der Waals surface area contributed by atoms with Gasteiger partial charge in [-0.25, -0.2) is 9.50 Å². The minimum atomic E-state index is 0.866. The van der Waals surface area contributed by atoms with Crippen molar-refractivity contribution in [1.82, 2.24) is 14.6 Å². The van der Waals surface area contributed by atoms with Gasteiger partial charge in [0, 0.05) is 5.69 Å². The highest BCUT2D eigenvalue weighted by Crippen LogP contribution is 2.08. The van der Waals surface area contributed by atoms with E-state index in [0.717, 1.165) is 16.9 Å². The predicted octanol–water partition coefficient (Wildman–Crippen LogP) is 1.68. The second kappa shape index (κ2) is 2.44. The highest BCUT2D eigenvalue weighted by atomic mass is 15.3. The van der Waals surface area contributed by atoms with Crippen molar-refractivity contribution in [2.24, 2.45) is 0 Å². The van der Waals surface area contributed by atoms with Gasteiger partial charge in [-0.05, 0) is 24.6 Å². The van der Waals surface area contributed by atoms with Gasteiger partial charge >= 0.3 is 0 Å². The van der Waals surface area contributed by atoms with Gasteiger partial charge in [0.1, 0.15) is 6.33 Å². The van der Waals surface area contributed by atoms with Gasteiger partial charge in [0.25, 0.3) is 0 Å². The van der Waals surface area contributed by atoms with Crippen LogP contribution in [-0.2, 0) is 0 Å². The number of hydrogen-bond acceptors (Lipinski definition) is 2. The number of aryl methyl sites for hydroxylation is 1. The standard InChI is InChI=1S/C9H9N3/c1-3-8-4-7(2)12-9(5-8)10-6-11-12/h3-6H,1H2,2H3. The van der Waals surface area contributed by atoms with Crippen LogP contribution >= 0.6 is 0 Å². The van der Waals surface area contributed by atoms with Crippen molar-refractivity contribution in [3.63, 3.8) is 0 Å². The van der Waals surface area contributed by atoms with Gasteiger partial charge in [-0.3, -0.25) is 0 Å². The van der Waals surface area contributed by atoms with E-state index in [1.807, 2.05) is 25.1 Å². The fraction of sp³-hybridized carbons (Fsp3) is 0.111. The molecule has 0 aliphatic heterocycles. The first-order valence-electron chi connectivity index (χ1n) is 3.74. The number of hydrogen-bond donors (Lipinski definition) is 0. The Morgan fingerprint density at radius 3 is 3.08 bits per heavy atom. The number of nitrogens with zero attached hydrogens (tertiary/aromatic N) is 3. The zero-order valence-electron chi connectivity index (χ0n) is 6.86. The summed E-state index contributed by atoms with van der Waals surface area (Å²) >= 11 is 0. The Hall–Kier alpha value is -1.64. The van der Waals surface area contributed by atoms with Gasteiger partial charge < -0.3 is 0 Å². The SMILES string of the molecule is C=Cc1cc(C)n2ncnc2c1. The number of rotatable bonds is 1. The average molecular weight is 159 g/mol. The van der Waals surface area contributed by atoms with Crippen LogP contribution in [0.15, 0.2) is 25.0 Å². The van der Waals surface area contributed by atoms with Gasteiger partial charge in [0.05, 0.1) is 0 Å². The maximum Gasteiger partial charge on any atom is 0.156 e. The van der Waals surface area contributed by atoms with Crippen LogP contribution in [-0.4, -0.2) is 14.6 Å². The number of fused-ring (bicyclic) bond motifs is 1. The Morgan fingerprint density at radius 1 is 1.50 bits per heavy atom. The largest absolute Gasteiger partial charge is 0.218 e. The van der Waals surface area contributed by atoms with Crippen LogP contribution in [0.2, 0.25) is 0 Å². The molecule has 0 fully saturated rings. The van der Waals surface area contributed by atoms with Crippen LogP contribution in [0.4, 0.5) is 0 Å². The maximum absolute atomic E-state index is 4.09. The van der Waals surface area contributed by atoms with Crippen molar-refractivity contribution in [3.8, 4) is 0 Å². The smallest absolute Gasteiger partial charge is 0.156 e. The zero-order chi connectivity index (χ0) is 8.55. The summed E-state index contributed by atoms with van der Waals surface area (Å²) in [6.45, 7) is 5.70. The maximum atomic E-state index is 4.09. The lowest BCUT2D eigenvalue weighted by Gasteiger charge is -1.98. The third kappa shape index (κ3) is 0.906. The summed E-state index contributed by atoms with van der Waals surface area (Å²) in [6, 6.07) is 3.97. The van der Waals surface area contributed by atoms with Crippen LogP contribution in [0.5, 0.6) is 0 Å². The molecule has 60 valence electrons. The fourth-order valence-electron chi connectivity index (χ4n) is 1.23. The highest BCUT2D eigenvalue weighted by molar-refractivity contribution is 5.54. The summed E-state index contributed by atoms with van der Waals surface area (Å²) in [4.78, 5) is 4.09. The third-order valence-electron chi connectivity index (χ3n) is 1.82. The fourth-order valence-corrected chi connectivity index (χ4v) is 1.23. The summed E-state index contributed by atoms with van der Waals surface area (Å²) in [5, 5.41) is 4.06. The Morgan fingerprint density at radius 2 is 2.33 bits per heavy atom. The first-order valence-corrected chi connectivity index (χ1v) is 3.74. The quantitative estimate of drug-likeness (QED) is 0.633. The van der Waals surface area contributed by atoms with E-state index in [1.165, 1.54) is 0 Å². The molecule has 0 radical (unpaired) electrons. The molecule has 0 spiro atoms. The lowest BCUT2D eigenvalue weighted by atomic mass is 10.2. The molecule has 0 saturated carbocycles. The van der Waals surface area contributed by atoms with E-state index >= 15 is 0 Å². The summed E-state index contributed by atoms with van der Waals surface area (Å²) in [5.41, 5.74) is 3.01. The molecule has 2 aromatic rings. The number of pyridine rings is 1. The molecule has 3 nitrogen and oxygen atoms in total. The van der Waals surface area contributed by atoms with Crippen molar-refractivity contribution in [2.45, 2.75) is 6.92 Å². The Kier molecular flexibility index (Phi) is 1.43. The highest BCUT2D eigenvalue weighted by Gasteiger charge is 1.98. The Bertz CT molecular complexity index is 428. The lowest BCUT2D eigenvalue weighted by Crippen LogP contribution is -1.93. The Labute approximate surface area is 70.4 Å². The third-order valence-corrected chi connectivity index (χ3v) is 1.82. The molecule has 0 unspecified atom stereocenters. The molecule has 3 heteroatoms. The first kappa shape index (κ1) is 7.03. The van der Waals surface area contributed by atoms with Crippen molar-refractivity contribution in [3.05, 3.63) is 36.3 Å². The minimum Gasteiger partial charge on any atom is -0.218 e. The molecular formula is C9H9N3. The predicted molar refractivity (Wildman–Crippen MR) is 47.8 cm³/mol. The minimum absolute atomic E-state index is 0.866. The molecular weight excluding hydrogens is 150 g/mol. The molecule has 0 atom stereocenters. The monoisotopic (exact) mass is 159 g/mol. The molecule has 0 bridgehead atoms. The summed E-state index contributed by atoms with van der Waals surface area (Å²) in [6.07, 6.45) is 3.36. The van der Waals surface area contributed by atoms with Crippen LogP contribution in [0.1, 0.15) is 11.3 Å². The van der Waals surface area contributed by atoms with E-state index in [9.17, 15) is 0 Å². The van der Waals surface area contributed by atoms with Gasteiger partial charge in [0.15, 0.2) is 5.65 Å². The average Bonchev–Trinajstić information content (AvgIpc) is 2.52. The normalized spacial score (nSPS) is 10.4. The van der Waals surface area contributed by atoms with Crippen molar-refractivity contribution < 1.29 is 0 Å². The molecule has 2 aromatic heterocycles. The van der Waals surface area contributed by atoms with Gasteiger partial charge in [-0.1, -0.05) is 12.7 Å². The molecule has 12 heavy (non-hydrogen) atoms. The van der Waals surface area contributed by atoms with Crippen LogP contribution in [0.25, 0.3) is 11.7 Å². The van der Waals surface area contributed by atoms with Crippen LogP contribution in [0.3, 0.4) is 0 Å². The van der Waals surface area contributed by atoms with Gasteiger partial charge in [0.2, 0.25) is 0 Å². The molecule has 0 aliphatic carbocycles. The summed E-state index contributed by atoms with van der Waals surface area (Å²) in [7, 11) is 0. The molecule has 0 aromatic carbocycles. The van der Waals surface area contributed by atoms with Crippen LogP contribution < -0.4 is 0 Å². The molecule has 0 aliphatic rings. The lowest BCUT2D eigenvalue weighted by molar-refractivity contribution is 0.914. The van der Waals surface area contributed by atoms with E-state index < -0.39 is 0 Å². The van der Waals surface area contributed by atoms with E-state index in [-0.39, 0.29) is 0 Å². The van der Waals surface area contributed by atoms with E-state index in [4.69, 9.17) is 0 Å².